The lowest BCUT2D eigenvalue weighted by Gasteiger charge is -2.18. The van der Waals surface area contributed by atoms with Gasteiger partial charge in [-0.2, -0.15) is 0 Å². The summed E-state index contributed by atoms with van der Waals surface area (Å²) in [7, 11) is 0. The topological polar surface area (TPSA) is 40.7 Å². The molecule has 2 heterocycles. The molecule has 1 unspecified atom stereocenters. The number of aromatic nitrogens is 2. The SMILES string of the molecule is Cc1cc(Br)cc2[nH]c(C3(C)CCNC3)nc12. The van der Waals surface area contributed by atoms with Gasteiger partial charge in [0.15, 0.2) is 0 Å². The fourth-order valence-corrected chi connectivity index (χ4v) is 3.12. The van der Waals surface area contributed by atoms with E-state index in [9.17, 15) is 0 Å². The van der Waals surface area contributed by atoms with Gasteiger partial charge in [-0.1, -0.05) is 22.9 Å². The third-order valence-electron chi connectivity index (χ3n) is 3.68. The van der Waals surface area contributed by atoms with Crippen molar-refractivity contribution in [3.05, 3.63) is 28.0 Å². The Labute approximate surface area is 109 Å². The van der Waals surface area contributed by atoms with Crippen LogP contribution in [0.5, 0.6) is 0 Å². The molecule has 2 aromatic rings. The highest BCUT2D eigenvalue weighted by molar-refractivity contribution is 9.10. The van der Waals surface area contributed by atoms with Gasteiger partial charge in [-0.15, -0.1) is 0 Å². The van der Waals surface area contributed by atoms with Gasteiger partial charge in [-0.3, -0.25) is 0 Å². The lowest BCUT2D eigenvalue weighted by atomic mass is 9.89. The summed E-state index contributed by atoms with van der Waals surface area (Å²) >= 11 is 3.53. The van der Waals surface area contributed by atoms with Crippen molar-refractivity contribution in [2.24, 2.45) is 0 Å². The van der Waals surface area contributed by atoms with E-state index in [0.29, 0.717) is 0 Å². The molecule has 0 bridgehead atoms. The number of aromatic amines is 1. The maximum absolute atomic E-state index is 4.79. The van der Waals surface area contributed by atoms with E-state index in [0.717, 1.165) is 40.8 Å². The van der Waals surface area contributed by atoms with Gasteiger partial charge in [0.05, 0.1) is 11.0 Å². The Hall–Kier alpha value is -0.870. The highest BCUT2D eigenvalue weighted by Crippen LogP contribution is 2.31. The van der Waals surface area contributed by atoms with Gasteiger partial charge >= 0.3 is 0 Å². The van der Waals surface area contributed by atoms with E-state index in [1.807, 2.05) is 0 Å². The largest absolute Gasteiger partial charge is 0.341 e. The summed E-state index contributed by atoms with van der Waals surface area (Å²) in [5.74, 6) is 1.11. The Morgan fingerprint density at radius 1 is 1.41 bits per heavy atom. The van der Waals surface area contributed by atoms with Crippen LogP contribution in [0.2, 0.25) is 0 Å². The molecule has 0 saturated carbocycles. The third kappa shape index (κ3) is 1.79. The number of rotatable bonds is 1. The normalized spacial score (nSPS) is 24.6. The second kappa shape index (κ2) is 3.82. The lowest BCUT2D eigenvalue weighted by Crippen LogP contribution is -2.26. The summed E-state index contributed by atoms with van der Waals surface area (Å²) in [5.41, 5.74) is 3.58. The van der Waals surface area contributed by atoms with Crippen LogP contribution < -0.4 is 5.32 Å². The smallest absolute Gasteiger partial charge is 0.114 e. The van der Waals surface area contributed by atoms with Crippen LogP contribution >= 0.6 is 15.9 Å². The standard InChI is InChI=1S/C13H16BrN3/c1-8-5-9(14)6-10-11(8)17-12(16-10)13(2)3-4-15-7-13/h5-6,15H,3-4,7H2,1-2H3,(H,16,17). The first-order chi connectivity index (χ1) is 8.08. The van der Waals surface area contributed by atoms with E-state index in [1.165, 1.54) is 5.56 Å². The number of nitrogens with one attached hydrogen (secondary N) is 2. The Morgan fingerprint density at radius 3 is 2.94 bits per heavy atom. The Balaban J connectivity index is 2.16. The van der Waals surface area contributed by atoms with Crippen molar-refractivity contribution in [3.63, 3.8) is 0 Å². The Kier molecular flexibility index (Phi) is 2.52. The molecule has 0 aliphatic carbocycles. The van der Waals surface area contributed by atoms with Crippen LogP contribution in [0.1, 0.15) is 24.7 Å². The number of halogens is 1. The van der Waals surface area contributed by atoms with Crippen molar-refractivity contribution >= 4 is 27.0 Å². The quantitative estimate of drug-likeness (QED) is 0.849. The fraction of sp³-hybridized carbons (Fsp3) is 0.462. The summed E-state index contributed by atoms with van der Waals surface area (Å²) in [6, 6.07) is 4.22. The van der Waals surface area contributed by atoms with E-state index in [1.54, 1.807) is 0 Å². The zero-order chi connectivity index (χ0) is 12.0. The molecule has 1 aliphatic heterocycles. The molecule has 0 spiro atoms. The molecule has 17 heavy (non-hydrogen) atoms. The number of hydrogen-bond donors (Lipinski definition) is 2. The van der Waals surface area contributed by atoms with Crippen LogP contribution in [0.3, 0.4) is 0 Å². The molecule has 2 N–H and O–H groups in total. The summed E-state index contributed by atoms with van der Waals surface area (Å²) in [6.07, 6.45) is 1.15. The predicted octanol–water partition coefficient (Wildman–Crippen LogP) is 2.88. The molecular formula is C13H16BrN3. The van der Waals surface area contributed by atoms with Crippen LogP contribution in [0.15, 0.2) is 16.6 Å². The predicted molar refractivity (Wildman–Crippen MR) is 73.4 cm³/mol. The molecular weight excluding hydrogens is 278 g/mol. The number of hydrogen-bond acceptors (Lipinski definition) is 2. The number of fused-ring (bicyclic) bond motifs is 1. The highest BCUT2D eigenvalue weighted by atomic mass is 79.9. The summed E-state index contributed by atoms with van der Waals surface area (Å²) < 4.78 is 1.10. The van der Waals surface area contributed by atoms with Crippen LogP contribution in [0, 0.1) is 6.92 Å². The minimum Gasteiger partial charge on any atom is -0.341 e. The van der Waals surface area contributed by atoms with Gasteiger partial charge < -0.3 is 10.3 Å². The van der Waals surface area contributed by atoms with Crippen molar-refractivity contribution < 1.29 is 0 Å². The second-order valence-corrected chi connectivity index (χ2v) is 6.11. The monoisotopic (exact) mass is 293 g/mol. The van der Waals surface area contributed by atoms with E-state index in [4.69, 9.17) is 4.98 Å². The minimum absolute atomic E-state index is 0.151. The number of H-pyrrole nitrogens is 1. The second-order valence-electron chi connectivity index (χ2n) is 5.19. The molecule has 1 aromatic carbocycles. The first-order valence-electron chi connectivity index (χ1n) is 5.96. The van der Waals surface area contributed by atoms with Gasteiger partial charge in [0.2, 0.25) is 0 Å². The van der Waals surface area contributed by atoms with Crippen LogP contribution in [-0.4, -0.2) is 23.1 Å². The van der Waals surface area contributed by atoms with E-state index >= 15 is 0 Å². The molecule has 1 atom stereocenters. The zero-order valence-corrected chi connectivity index (χ0v) is 11.7. The summed E-state index contributed by atoms with van der Waals surface area (Å²) in [6.45, 7) is 6.46. The molecule has 1 saturated heterocycles. The van der Waals surface area contributed by atoms with Gasteiger partial charge in [0.25, 0.3) is 0 Å². The van der Waals surface area contributed by atoms with Crippen LogP contribution in [-0.2, 0) is 5.41 Å². The van der Waals surface area contributed by atoms with Crippen LogP contribution in [0.4, 0.5) is 0 Å². The molecule has 3 nitrogen and oxygen atoms in total. The van der Waals surface area contributed by atoms with E-state index < -0.39 is 0 Å². The molecule has 1 aromatic heterocycles. The first-order valence-corrected chi connectivity index (χ1v) is 6.75. The molecule has 1 fully saturated rings. The van der Waals surface area contributed by atoms with Gasteiger partial charge in [-0.05, 0) is 37.6 Å². The third-order valence-corrected chi connectivity index (χ3v) is 4.14. The molecule has 3 rings (SSSR count). The lowest BCUT2D eigenvalue weighted by molar-refractivity contribution is 0.496. The molecule has 1 aliphatic rings. The van der Waals surface area contributed by atoms with Crippen molar-refractivity contribution in [2.75, 3.05) is 13.1 Å². The van der Waals surface area contributed by atoms with Gasteiger partial charge in [0, 0.05) is 16.4 Å². The number of aryl methyl sites for hydroxylation is 1. The van der Waals surface area contributed by atoms with Gasteiger partial charge in [-0.25, -0.2) is 4.98 Å². The Morgan fingerprint density at radius 2 is 2.24 bits per heavy atom. The van der Waals surface area contributed by atoms with E-state index in [2.05, 4.69) is 52.2 Å². The Bertz CT molecular complexity index is 567. The molecule has 0 radical (unpaired) electrons. The van der Waals surface area contributed by atoms with Crippen LogP contribution in [0.25, 0.3) is 11.0 Å². The maximum atomic E-state index is 4.79. The first kappa shape index (κ1) is 11.2. The molecule has 4 heteroatoms. The van der Waals surface area contributed by atoms with Crippen molar-refractivity contribution in [3.8, 4) is 0 Å². The average molecular weight is 294 g/mol. The summed E-state index contributed by atoms with van der Waals surface area (Å²) in [4.78, 5) is 8.27. The van der Waals surface area contributed by atoms with Crippen molar-refractivity contribution in [1.29, 1.82) is 0 Å². The van der Waals surface area contributed by atoms with Crippen molar-refractivity contribution in [1.82, 2.24) is 15.3 Å². The number of imidazole rings is 1. The molecule has 90 valence electrons. The fourth-order valence-electron chi connectivity index (χ4n) is 2.55. The van der Waals surface area contributed by atoms with Gasteiger partial charge in [0.1, 0.15) is 5.82 Å². The molecule has 0 amide bonds. The number of nitrogens with zero attached hydrogens (tertiary/aromatic N) is 1. The van der Waals surface area contributed by atoms with E-state index in [-0.39, 0.29) is 5.41 Å². The van der Waals surface area contributed by atoms with Crippen molar-refractivity contribution in [2.45, 2.75) is 25.7 Å². The highest BCUT2D eigenvalue weighted by Gasteiger charge is 2.33. The zero-order valence-electron chi connectivity index (χ0n) is 10.1. The maximum Gasteiger partial charge on any atom is 0.114 e. The number of benzene rings is 1. The summed E-state index contributed by atoms with van der Waals surface area (Å²) in [5, 5.41) is 3.41. The average Bonchev–Trinajstić information content (AvgIpc) is 2.84. The minimum atomic E-state index is 0.151.